The molecule has 0 spiro atoms. The lowest BCUT2D eigenvalue weighted by Gasteiger charge is -2.06. The molecule has 0 aliphatic carbocycles. The number of para-hydroxylation sites is 5. The predicted octanol–water partition coefficient (Wildman–Crippen LogP) is 14.6. The predicted molar refractivity (Wildman–Crippen MR) is 294 cm³/mol. The van der Waals surface area contributed by atoms with Crippen molar-refractivity contribution >= 4 is 72.8 Å². The van der Waals surface area contributed by atoms with E-state index in [1.807, 2.05) is 143 Å². The molecule has 0 radical (unpaired) electrons. The maximum atomic E-state index is 11.3. The monoisotopic (exact) mass is 1070 g/mol. The van der Waals surface area contributed by atoms with Crippen molar-refractivity contribution in [2.75, 3.05) is 0 Å². The van der Waals surface area contributed by atoms with Gasteiger partial charge in [0.2, 0.25) is 0 Å². The zero-order valence-corrected chi connectivity index (χ0v) is 40.6. The van der Waals surface area contributed by atoms with Gasteiger partial charge in [-0.2, -0.15) is 0 Å². The van der Waals surface area contributed by atoms with Crippen LogP contribution in [0.1, 0.15) is 0 Å². The van der Waals surface area contributed by atoms with Gasteiger partial charge in [0.25, 0.3) is 17.1 Å². The lowest BCUT2D eigenvalue weighted by molar-refractivity contribution is -0.384. The maximum Gasteiger partial charge on any atom is 0.277 e. The molecule has 356 valence electrons. The molecule has 3 aromatic heterocycles. The molecule has 9 aromatic carbocycles. The summed E-state index contributed by atoms with van der Waals surface area (Å²) in [6, 6.07) is 67.2. The summed E-state index contributed by atoms with van der Waals surface area (Å²) < 4.78 is 5.27. The van der Waals surface area contributed by atoms with Gasteiger partial charge in [-0.1, -0.05) is 109 Å². The lowest BCUT2D eigenvalue weighted by Crippen LogP contribution is -1.93. The van der Waals surface area contributed by atoms with Crippen molar-refractivity contribution in [3.8, 4) is 44.8 Å². The van der Waals surface area contributed by atoms with Crippen molar-refractivity contribution in [1.29, 1.82) is 0 Å². The molecule has 0 aliphatic rings. The minimum absolute atomic E-state index is 0.0966. The number of rotatable bonds is 8. The molecule has 12 aromatic rings. The van der Waals surface area contributed by atoms with E-state index in [9.17, 15) is 30.3 Å². The summed E-state index contributed by atoms with van der Waals surface area (Å²) >= 11 is 2.28. The standard InChI is InChI=1S/2C19H13N3O2.C13H9N3O2.C6H5I/c23-22(24)18-9-5-4-8-16(18)14-10-11-19-17(12-14)20-13-21(19)15-6-2-1-3-7-15;23-22(24)18-9-5-4-8-16(18)14-10-11-17-19(12-14)21(13-20-17)15-6-2-1-3-7-15;17-16(18)13-4-2-1-3-10(13)9-5-6-11-12(7-9)15-8-14-11;7-6-4-2-1-3-5-6/h2*1-13H;1-8H,(H,14,15);1-5H. The number of nitrogens with one attached hydrogen (secondary N) is 1. The number of nitro benzene ring substituents is 3. The summed E-state index contributed by atoms with van der Waals surface area (Å²) in [4.78, 5) is 48.4. The fourth-order valence-corrected chi connectivity index (χ4v) is 8.51. The first kappa shape index (κ1) is 48.3. The van der Waals surface area contributed by atoms with E-state index in [2.05, 4.69) is 54.7 Å². The van der Waals surface area contributed by atoms with Gasteiger partial charge in [0.1, 0.15) is 12.7 Å². The fourth-order valence-electron chi connectivity index (χ4n) is 8.09. The van der Waals surface area contributed by atoms with Gasteiger partial charge in [-0.15, -0.1) is 0 Å². The molecule has 3 heterocycles. The number of imidazole rings is 3. The zero-order valence-electron chi connectivity index (χ0n) is 38.4. The van der Waals surface area contributed by atoms with Crippen LogP contribution in [0.4, 0.5) is 17.1 Å². The normalized spacial score (nSPS) is 10.6. The third-order valence-corrected chi connectivity index (χ3v) is 12.3. The van der Waals surface area contributed by atoms with E-state index in [0.717, 1.165) is 61.2 Å². The average molecular weight is 1070 g/mol. The molecule has 1 N–H and O–H groups in total. The number of fused-ring (bicyclic) bond motifs is 3. The van der Waals surface area contributed by atoms with Gasteiger partial charge in [0, 0.05) is 33.1 Å². The number of hydrogen-bond acceptors (Lipinski definition) is 9. The first-order valence-corrected chi connectivity index (χ1v) is 23.6. The summed E-state index contributed by atoms with van der Waals surface area (Å²) in [5, 5.41) is 33.5. The largest absolute Gasteiger partial charge is 0.345 e. The fraction of sp³-hybridized carbons (Fsp3) is 0. The Hall–Kier alpha value is -9.68. The topological polar surface area (TPSA) is 194 Å². The molecule has 0 fully saturated rings. The number of H-pyrrole nitrogens is 1. The molecular formula is C57H40IN9O6. The molecule has 15 nitrogen and oxygen atoms in total. The smallest absolute Gasteiger partial charge is 0.277 e. The summed E-state index contributed by atoms with van der Waals surface area (Å²) in [5.74, 6) is 0. The number of aromatic nitrogens is 6. The first-order chi connectivity index (χ1) is 35.6. The van der Waals surface area contributed by atoms with E-state index in [1.54, 1.807) is 73.6 Å². The Bertz CT molecular complexity index is 3880. The molecule has 0 saturated heterocycles. The van der Waals surface area contributed by atoms with Crippen LogP contribution in [0.25, 0.3) is 77.9 Å². The van der Waals surface area contributed by atoms with Crippen molar-refractivity contribution in [3.63, 3.8) is 0 Å². The third-order valence-electron chi connectivity index (χ3n) is 11.6. The highest BCUT2D eigenvalue weighted by atomic mass is 127. The molecule has 16 heteroatoms. The van der Waals surface area contributed by atoms with E-state index in [0.29, 0.717) is 16.7 Å². The number of nitro groups is 3. The molecule has 0 unspecified atom stereocenters. The molecule has 73 heavy (non-hydrogen) atoms. The average Bonchev–Trinajstić information content (AvgIpc) is 4.21. The van der Waals surface area contributed by atoms with Crippen molar-refractivity contribution in [3.05, 3.63) is 271 Å². The van der Waals surface area contributed by atoms with Gasteiger partial charge in [-0.3, -0.25) is 39.5 Å². The Morgan fingerprint density at radius 2 is 0.808 bits per heavy atom. The molecule has 0 amide bonds. The van der Waals surface area contributed by atoms with Crippen molar-refractivity contribution in [2.24, 2.45) is 0 Å². The second-order valence-corrected chi connectivity index (χ2v) is 17.3. The zero-order chi connectivity index (χ0) is 50.7. The molecule has 0 aliphatic heterocycles. The molecule has 0 saturated carbocycles. The molecule has 12 rings (SSSR count). The van der Waals surface area contributed by atoms with Crippen LogP contribution in [-0.2, 0) is 0 Å². The highest BCUT2D eigenvalue weighted by molar-refractivity contribution is 14.1. The number of benzene rings is 9. The van der Waals surface area contributed by atoms with Crippen LogP contribution in [0.2, 0.25) is 0 Å². The number of halogens is 1. The second kappa shape index (κ2) is 22.4. The van der Waals surface area contributed by atoms with E-state index >= 15 is 0 Å². The van der Waals surface area contributed by atoms with Crippen LogP contribution in [-0.4, -0.2) is 43.8 Å². The van der Waals surface area contributed by atoms with Crippen molar-refractivity contribution < 1.29 is 14.8 Å². The summed E-state index contributed by atoms with van der Waals surface area (Å²) in [6.07, 6.45) is 5.14. The SMILES string of the molecule is Ic1ccccc1.O=[N+]([O-])c1ccccc1-c1ccc2c(c1)ncn2-c1ccccc1.O=[N+]([O-])c1ccccc1-c1ccc2nc[nH]c2c1.O=[N+]([O-])c1ccccc1-c1ccc2ncn(-c3ccccc3)c2c1. The Balaban J connectivity index is 0.000000127. The number of hydrogen-bond donors (Lipinski definition) is 1. The lowest BCUT2D eigenvalue weighted by atomic mass is 10.0. The van der Waals surface area contributed by atoms with Crippen LogP contribution < -0.4 is 0 Å². The van der Waals surface area contributed by atoms with Gasteiger partial charge in [-0.25, -0.2) is 15.0 Å². The van der Waals surface area contributed by atoms with Crippen molar-refractivity contribution in [1.82, 2.24) is 29.1 Å². The van der Waals surface area contributed by atoms with Gasteiger partial charge >= 0.3 is 0 Å². The van der Waals surface area contributed by atoms with Gasteiger partial charge in [0.05, 0.1) is 70.9 Å². The van der Waals surface area contributed by atoms with E-state index in [4.69, 9.17) is 0 Å². The van der Waals surface area contributed by atoms with Gasteiger partial charge in [0.15, 0.2) is 0 Å². The Kier molecular flexibility index (Phi) is 14.8. The quantitative estimate of drug-likeness (QED) is 0.0875. The van der Waals surface area contributed by atoms with Crippen LogP contribution >= 0.6 is 22.6 Å². The Labute approximate surface area is 430 Å². The third kappa shape index (κ3) is 11.2. The van der Waals surface area contributed by atoms with E-state index < -0.39 is 0 Å². The number of nitrogens with zero attached hydrogens (tertiary/aromatic N) is 8. The van der Waals surface area contributed by atoms with Crippen LogP contribution in [0.15, 0.2) is 237 Å². The second-order valence-electron chi connectivity index (χ2n) is 16.1. The molecule has 0 bridgehead atoms. The first-order valence-electron chi connectivity index (χ1n) is 22.5. The Morgan fingerprint density at radius 3 is 1.30 bits per heavy atom. The molecular weight excluding hydrogens is 1030 g/mol. The van der Waals surface area contributed by atoms with Crippen molar-refractivity contribution in [2.45, 2.75) is 0 Å². The maximum absolute atomic E-state index is 11.3. The van der Waals surface area contributed by atoms with Crippen LogP contribution in [0.5, 0.6) is 0 Å². The Morgan fingerprint density at radius 1 is 0.397 bits per heavy atom. The van der Waals surface area contributed by atoms with E-state index in [-0.39, 0.29) is 31.8 Å². The number of aromatic amines is 1. The van der Waals surface area contributed by atoms with Crippen LogP contribution in [0, 0.1) is 33.9 Å². The molecule has 0 atom stereocenters. The van der Waals surface area contributed by atoms with Crippen LogP contribution in [0.3, 0.4) is 0 Å². The summed E-state index contributed by atoms with van der Waals surface area (Å²) in [5.41, 5.74) is 11.8. The van der Waals surface area contributed by atoms with Gasteiger partial charge < -0.3 is 4.98 Å². The summed E-state index contributed by atoms with van der Waals surface area (Å²) in [6.45, 7) is 0. The minimum Gasteiger partial charge on any atom is -0.345 e. The van der Waals surface area contributed by atoms with E-state index in [1.165, 1.54) is 21.8 Å². The highest BCUT2D eigenvalue weighted by Gasteiger charge is 2.18. The van der Waals surface area contributed by atoms with Gasteiger partial charge in [-0.05, 0) is 130 Å². The highest BCUT2D eigenvalue weighted by Crippen LogP contribution is 2.34. The summed E-state index contributed by atoms with van der Waals surface area (Å²) in [7, 11) is 0. The minimum atomic E-state index is -0.369.